The third-order valence-corrected chi connectivity index (χ3v) is 6.70. The van der Waals surface area contributed by atoms with Gasteiger partial charge in [-0.1, -0.05) is 25.4 Å². The first-order valence-corrected chi connectivity index (χ1v) is 12.9. The molecular formula is C24H27ClF4N4O4S. The van der Waals surface area contributed by atoms with Gasteiger partial charge < -0.3 is 20.3 Å². The molecule has 0 bridgehead atoms. The van der Waals surface area contributed by atoms with Crippen LogP contribution < -0.4 is 15.5 Å². The fourth-order valence-corrected chi connectivity index (χ4v) is 4.86. The minimum Gasteiger partial charge on any atom is -0.370 e. The summed E-state index contributed by atoms with van der Waals surface area (Å²) in [4.78, 5) is 40.2. The molecule has 3 amide bonds. The van der Waals surface area contributed by atoms with Gasteiger partial charge in [0.1, 0.15) is 18.5 Å². The summed E-state index contributed by atoms with van der Waals surface area (Å²) in [6, 6.07) is 5.16. The Morgan fingerprint density at radius 1 is 1.24 bits per heavy atom. The molecule has 1 aromatic heterocycles. The van der Waals surface area contributed by atoms with Crippen molar-refractivity contribution in [3.8, 4) is 0 Å². The number of benzene rings is 1. The first-order chi connectivity index (χ1) is 17.8. The Labute approximate surface area is 225 Å². The molecule has 0 unspecified atom stereocenters. The number of nitrogens with zero attached hydrogens (tertiary/aromatic N) is 2. The second-order valence-corrected chi connectivity index (χ2v) is 10.7. The van der Waals surface area contributed by atoms with E-state index >= 15 is 0 Å². The van der Waals surface area contributed by atoms with Crippen molar-refractivity contribution in [3.05, 3.63) is 45.4 Å². The summed E-state index contributed by atoms with van der Waals surface area (Å²) in [5, 5.41) is 4.95. The number of halogens is 5. The number of hydrogen-bond acceptors (Lipinski definition) is 6. The molecule has 3 rings (SSSR count). The number of nitrogens with one attached hydrogen (secondary N) is 2. The summed E-state index contributed by atoms with van der Waals surface area (Å²) in [5.74, 6) is -2.92. The molecule has 1 aromatic carbocycles. The minimum atomic E-state index is -4.61. The number of thiophene rings is 1. The monoisotopic (exact) mass is 578 g/mol. The summed E-state index contributed by atoms with van der Waals surface area (Å²) in [6.45, 7) is 1.68. The van der Waals surface area contributed by atoms with Crippen molar-refractivity contribution in [3.63, 3.8) is 0 Å². The Hall–Kier alpha value is -2.74. The predicted octanol–water partition coefficient (Wildman–Crippen LogP) is 4.16. The van der Waals surface area contributed by atoms with Gasteiger partial charge in [0.15, 0.2) is 0 Å². The van der Waals surface area contributed by atoms with Crippen LogP contribution in [0.4, 0.5) is 28.9 Å². The number of anilines is 2. The lowest BCUT2D eigenvalue weighted by Crippen LogP contribution is -2.54. The van der Waals surface area contributed by atoms with E-state index in [0.717, 1.165) is 22.3 Å². The highest BCUT2D eigenvalue weighted by Gasteiger charge is 2.37. The van der Waals surface area contributed by atoms with Gasteiger partial charge in [-0.2, -0.15) is 13.2 Å². The second kappa shape index (κ2) is 12.9. The standard InChI is InChI=1S/C24H27ClF4N4O4S/c1-14(2)11-32(13-24(27,28)29)18(10-30-23(36)19-5-6-20(25)38-19)22(35)31-15-3-4-17(16(26)9-15)33-7-8-37-12-21(33)34/h3-6,9,14,18H,7-8,10-13H2,1-2H3,(H,30,36)(H,31,35)/t18-/m1/s1. The van der Waals surface area contributed by atoms with Crippen LogP contribution >= 0.6 is 22.9 Å². The zero-order valence-corrected chi connectivity index (χ0v) is 22.2. The molecule has 1 saturated heterocycles. The van der Waals surface area contributed by atoms with Crippen LogP contribution in [0.3, 0.4) is 0 Å². The molecule has 0 spiro atoms. The maximum atomic E-state index is 14.8. The molecule has 1 fully saturated rings. The first kappa shape index (κ1) is 29.8. The number of rotatable bonds is 10. The number of alkyl halides is 3. The van der Waals surface area contributed by atoms with E-state index in [1.54, 1.807) is 13.8 Å². The summed E-state index contributed by atoms with van der Waals surface area (Å²) < 4.78 is 60.5. The Balaban J connectivity index is 1.81. The molecule has 208 valence electrons. The molecule has 2 N–H and O–H groups in total. The smallest absolute Gasteiger partial charge is 0.370 e. The molecular weight excluding hydrogens is 552 g/mol. The third-order valence-electron chi connectivity index (χ3n) is 5.47. The molecule has 2 heterocycles. The fraction of sp³-hybridized carbons (Fsp3) is 0.458. The van der Waals surface area contributed by atoms with Crippen LogP contribution in [0.15, 0.2) is 30.3 Å². The first-order valence-electron chi connectivity index (χ1n) is 11.7. The normalized spacial score (nSPS) is 15.2. The van der Waals surface area contributed by atoms with Gasteiger partial charge in [-0.05, 0) is 36.2 Å². The van der Waals surface area contributed by atoms with Gasteiger partial charge in [0.2, 0.25) is 5.91 Å². The van der Waals surface area contributed by atoms with Crippen LogP contribution in [0, 0.1) is 11.7 Å². The average molecular weight is 579 g/mol. The van der Waals surface area contributed by atoms with Gasteiger partial charge >= 0.3 is 6.18 Å². The van der Waals surface area contributed by atoms with Crippen LogP contribution in [0.1, 0.15) is 23.5 Å². The number of morpholine rings is 1. The van der Waals surface area contributed by atoms with Crippen molar-refractivity contribution in [2.75, 3.05) is 49.6 Å². The van der Waals surface area contributed by atoms with Crippen molar-refractivity contribution in [2.24, 2.45) is 5.92 Å². The quantitative estimate of drug-likeness (QED) is 0.413. The van der Waals surface area contributed by atoms with E-state index < -0.39 is 48.8 Å². The zero-order chi connectivity index (χ0) is 28.0. The van der Waals surface area contributed by atoms with E-state index in [-0.39, 0.29) is 48.5 Å². The lowest BCUT2D eigenvalue weighted by Gasteiger charge is -2.33. The van der Waals surface area contributed by atoms with E-state index in [1.165, 1.54) is 29.2 Å². The zero-order valence-electron chi connectivity index (χ0n) is 20.6. The second-order valence-electron chi connectivity index (χ2n) is 9.02. The maximum absolute atomic E-state index is 14.8. The van der Waals surface area contributed by atoms with Crippen LogP contribution in [-0.4, -0.2) is 74.2 Å². The minimum absolute atomic E-state index is 0.00627. The lowest BCUT2D eigenvalue weighted by atomic mass is 10.1. The van der Waals surface area contributed by atoms with Crippen LogP contribution in [0.2, 0.25) is 4.34 Å². The Morgan fingerprint density at radius 2 is 1.97 bits per heavy atom. The van der Waals surface area contributed by atoms with Gasteiger partial charge in [-0.3, -0.25) is 19.3 Å². The highest BCUT2D eigenvalue weighted by molar-refractivity contribution is 7.18. The van der Waals surface area contributed by atoms with Crippen molar-refractivity contribution in [1.82, 2.24) is 10.2 Å². The molecule has 8 nitrogen and oxygen atoms in total. The Kier molecular flexibility index (Phi) is 10.1. The van der Waals surface area contributed by atoms with E-state index in [2.05, 4.69) is 10.6 Å². The predicted molar refractivity (Wildman–Crippen MR) is 136 cm³/mol. The third kappa shape index (κ3) is 8.38. The summed E-state index contributed by atoms with van der Waals surface area (Å²) in [7, 11) is 0. The van der Waals surface area contributed by atoms with Crippen LogP contribution in [0.25, 0.3) is 0 Å². The Morgan fingerprint density at radius 3 is 2.55 bits per heavy atom. The number of amides is 3. The summed E-state index contributed by atoms with van der Waals surface area (Å²) in [5.41, 5.74) is -0.0249. The van der Waals surface area contributed by atoms with Gasteiger partial charge in [-0.15, -0.1) is 11.3 Å². The largest absolute Gasteiger partial charge is 0.401 e. The molecule has 0 radical (unpaired) electrons. The molecule has 1 atom stereocenters. The lowest BCUT2D eigenvalue weighted by molar-refractivity contribution is -0.154. The van der Waals surface area contributed by atoms with Gasteiger partial charge in [-0.25, -0.2) is 4.39 Å². The molecule has 1 aliphatic rings. The van der Waals surface area contributed by atoms with Crippen LogP contribution in [0.5, 0.6) is 0 Å². The molecule has 2 aromatic rings. The molecule has 14 heteroatoms. The van der Waals surface area contributed by atoms with Gasteiger partial charge in [0, 0.05) is 25.3 Å². The fourth-order valence-electron chi connectivity index (χ4n) is 3.90. The van der Waals surface area contributed by atoms with E-state index in [1.807, 2.05) is 0 Å². The maximum Gasteiger partial charge on any atom is 0.401 e. The molecule has 38 heavy (non-hydrogen) atoms. The summed E-state index contributed by atoms with van der Waals surface area (Å²) >= 11 is 6.84. The van der Waals surface area contributed by atoms with E-state index in [0.29, 0.717) is 4.34 Å². The van der Waals surface area contributed by atoms with Crippen molar-refractivity contribution in [2.45, 2.75) is 26.1 Å². The van der Waals surface area contributed by atoms with Crippen LogP contribution in [-0.2, 0) is 14.3 Å². The summed E-state index contributed by atoms with van der Waals surface area (Å²) in [6.07, 6.45) is -4.61. The van der Waals surface area contributed by atoms with Crippen molar-refractivity contribution >= 4 is 52.0 Å². The number of carbonyl (C=O) groups excluding carboxylic acids is 3. The van der Waals surface area contributed by atoms with Crippen molar-refractivity contribution in [1.29, 1.82) is 0 Å². The number of carbonyl (C=O) groups is 3. The molecule has 0 saturated carbocycles. The van der Waals surface area contributed by atoms with Gasteiger partial charge in [0.05, 0.1) is 28.1 Å². The highest BCUT2D eigenvalue weighted by Crippen LogP contribution is 2.26. The number of hydrogen-bond donors (Lipinski definition) is 2. The molecule has 0 aliphatic carbocycles. The molecule has 1 aliphatic heterocycles. The van der Waals surface area contributed by atoms with Crippen molar-refractivity contribution < 1.29 is 36.7 Å². The Bertz CT molecular complexity index is 1160. The average Bonchev–Trinajstić information content (AvgIpc) is 3.25. The van der Waals surface area contributed by atoms with E-state index in [9.17, 15) is 31.9 Å². The SMILES string of the molecule is CC(C)CN(CC(F)(F)F)[C@H](CNC(=O)c1ccc(Cl)s1)C(=O)Nc1ccc(N2CCOCC2=O)c(F)c1. The topological polar surface area (TPSA) is 91.0 Å². The van der Waals surface area contributed by atoms with E-state index in [4.69, 9.17) is 16.3 Å². The van der Waals surface area contributed by atoms with Gasteiger partial charge in [0.25, 0.3) is 11.8 Å². The number of ether oxygens (including phenoxy) is 1. The highest BCUT2D eigenvalue weighted by atomic mass is 35.5.